The Kier molecular flexibility index (Phi) is 5.24. The molecule has 0 bridgehead atoms. The van der Waals surface area contributed by atoms with Gasteiger partial charge >= 0.3 is 0 Å². The molecule has 3 heteroatoms. The van der Waals surface area contributed by atoms with E-state index in [1.54, 1.807) is 0 Å². The molecule has 0 amide bonds. The first kappa shape index (κ1) is 19.2. The number of aryl methyl sites for hydroxylation is 2. The van der Waals surface area contributed by atoms with Crippen molar-refractivity contribution in [3.05, 3.63) is 81.9 Å². The first-order valence-electron chi connectivity index (χ1n) is 8.39. The summed E-state index contributed by atoms with van der Waals surface area (Å²) in [5.74, 6) is 0. The second-order valence-corrected chi connectivity index (χ2v) is 8.31. The Balaban J connectivity index is 0.00000182. The zero-order valence-electron chi connectivity index (χ0n) is 14.4. The average molecular weight is 447 g/mol. The SMILES string of the molecule is Cc1cccc2c1C=CC2(Cl)CCC1(Cl)C=Cc2c(C)cccc21.[Zr]. The van der Waals surface area contributed by atoms with Gasteiger partial charge in [0.25, 0.3) is 0 Å². The molecule has 25 heavy (non-hydrogen) atoms. The van der Waals surface area contributed by atoms with Crippen LogP contribution in [0.15, 0.2) is 48.6 Å². The van der Waals surface area contributed by atoms with Crippen LogP contribution in [-0.4, -0.2) is 0 Å². The fraction of sp³-hybridized carbons (Fsp3) is 0.273. The number of benzene rings is 2. The van der Waals surface area contributed by atoms with E-state index in [9.17, 15) is 0 Å². The minimum Gasteiger partial charge on any atom is -0.109 e. The van der Waals surface area contributed by atoms with Gasteiger partial charge in [-0.15, -0.1) is 23.2 Å². The number of rotatable bonds is 3. The molecule has 2 aliphatic carbocycles. The molecule has 2 unspecified atom stereocenters. The van der Waals surface area contributed by atoms with E-state index in [-0.39, 0.29) is 26.2 Å². The molecule has 0 heterocycles. The number of fused-ring (bicyclic) bond motifs is 2. The van der Waals surface area contributed by atoms with Crippen LogP contribution >= 0.6 is 23.2 Å². The summed E-state index contributed by atoms with van der Waals surface area (Å²) in [6, 6.07) is 12.7. The van der Waals surface area contributed by atoms with Crippen molar-refractivity contribution in [1.82, 2.24) is 0 Å². The van der Waals surface area contributed by atoms with E-state index < -0.39 is 9.75 Å². The van der Waals surface area contributed by atoms with Gasteiger partial charge in [-0.25, -0.2) is 0 Å². The van der Waals surface area contributed by atoms with Crippen LogP contribution in [0.5, 0.6) is 0 Å². The molecule has 0 fully saturated rings. The van der Waals surface area contributed by atoms with Gasteiger partial charge in [0.15, 0.2) is 0 Å². The van der Waals surface area contributed by atoms with Gasteiger partial charge < -0.3 is 0 Å². The Hall–Kier alpha value is -0.617. The topological polar surface area (TPSA) is 0 Å². The van der Waals surface area contributed by atoms with Gasteiger partial charge in [-0.1, -0.05) is 60.7 Å². The molecule has 0 nitrogen and oxygen atoms in total. The molecular weight excluding hydrogens is 426 g/mol. The molecular formula is C22H20Cl2Zr. The maximum Gasteiger partial charge on any atom is 0.0885 e. The molecule has 2 atom stereocenters. The summed E-state index contributed by atoms with van der Waals surface area (Å²) in [7, 11) is 0. The summed E-state index contributed by atoms with van der Waals surface area (Å²) in [6.45, 7) is 4.27. The van der Waals surface area contributed by atoms with Gasteiger partial charge in [0, 0.05) is 26.2 Å². The normalized spacial score (nSPS) is 25.6. The first-order valence-corrected chi connectivity index (χ1v) is 9.15. The van der Waals surface area contributed by atoms with Gasteiger partial charge in [0.2, 0.25) is 0 Å². The summed E-state index contributed by atoms with van der Waals surface area (Å²) < 4.78 is 0. The summed E-state index contributed by atoms with van der Waals surface area (Å²) >= 11 is 14.0. The second kappa shape index (κ2) is 6.84. The fourth-order valence-corrected chi connectivity index (χ4v) is 4.58. The van der Waals surface area contributed by atoms with Crippen molar-refractivity contribution in [3.8, 4) is 0 Å². The molecule has 126 valence electrons. The number of alkyl halides is 2. The van der Waals surface area contributed by atoms with Crippen LogP contribution in [0.25, 0.3) is 12.2 Å². The van der Waals surface area contributed by atoms with Crippen LogP contribution in [0.4, 0.5) is 0 Å². The van der Waals surface area contributed by atoms with E-state index >= 15 is 0 Å². The number of hydrogen-bond acceptors (Lipinski definition) is 0. The molecule has 2 aromatic carbocycles. The van der Waals surface area contributed by atoms with E-state index in [0.717, 1.165) is 12.8 Å². The van der Waals surface area contributed by atoms with Crippen LogP contribution in [-0.2, 0) is 36.0 Å². The Labute approximate surface area is 179 Å². The summed E-state index contributed by atoms with van der Waals surface area (Å²) in [5, 5.41) is 0. The average Bonchev–Trinajstić information content (AvgIpc) is 3.08. The third-order valence-corrected chi connectivity index (χ3v) is 6.46. The monoisotopic (exact) mass is 444 g/mol. The maximum atomic E-state index is 7.00. The van der Waals surface area contributed by atoms with Crippen LogP contribution < -0.4 is 0 Å². The van der Waals surface area contributed by atoms with Gasteiger partial charge in [-0.05, 0) is 60.1 Å². The molecule has 2 aromatic rings. The maximum absolute atomic E-state index is 7.00. The van der Waals surface area contributed by atoms with Gasteiger partial charge in [-0.3, -0.25) is 0 Å². The Morgan fingerprint density at radius 2 is 1.12 bits per heavy atom. The number of halogens is 2. The smallest absolute Gasteiger partial charge is 0.0885 e. The van der Waals surface area contributed by atoms with Crippen molar-refractivity contribution < 1.29 is 26.2 Å². The van der Waals surface area contributed by atoms with Gasteiger partial charge in [-0.2, -0.15) is 0 Å². The molecule has 0 aliphatic heterocycles. The van der Waals surface area contributed by atoms with Crippen LogP contribution in [0.2, 0.25) is 0 Å². The minimum atomic E-state index is -0.455. The van der Waals surface area contributed by atoms with Crippen LogP contribution in [0.3, 0.4) is 0 Å². The molecule has 0 N–H and O–H groups in total. The van der Waals surface area contributed by atoms with E-state index in [1.807, 2.05) is 0 Å². The van der Waals surface area contributed by atoms with Crippen LogP contribution in [0.1, 0.15) is 46.2 Å². The third kappa shape index (κ3) is 3.14. The molecule has 4 rings (SSSR count). The predicted octanol–water partition coefficient (Wildman–Crippen LogP) is 6.70. The molecule has 0 aromatic heterocycles. The Bertz CT molecular complexity index is 810. The van der Waals surface area contributed by atoms with Crippen molar-refractivity contribution in [2.45, 2.75) is 36.4 Å². The van der Waals surface area contributed by atoms with E-state index in [1.165, 1.54) is 33.4 Å². The molecule has 0 spiro atoms. The number of hydrogen-bond donors (Lipinski definition) is 0. The fourth-order valence-electron chi connectivity index (χ4n) is 3.94. The second-order valence-electron chi connectivity index (χ2n) is 6.96. The summed E-state index contributed by atoms with van der Waals surface area (Å²) in [4.78, 5) is -0.909. The van der Waals surface area contributed by atoms with E-state index in [2.05, 4.69) is 74.5 Å². The minimum absolute atomic E-state index is 0. The van der Waals surface area contributed by atoms with E-state index in [0.29, 0.717) is 0 Å². The third-order valence-electron chi connectivity index (χ3n) is 5.42. The van der Waals surface area contributed by atoms with Crippen molar-refractivity contribution in [2.24, 2.45) is 0 Å². The van der Waals surface area contributed by atoms with Gasteiger partial charge in [0.05, 0.1) is 9.75 Å². The Morgan fingerprint density at radius 1 is 0.720 bits per heavy atom. The van der Waals surface area contributed by atoms with Crippen molar-refractivity contribution in [1.29, 1.82) is 0 Å². The van der Waals surface area contributed by atoms with Crippen molar-refractivity contribution >= 4 is 35.4 Å². The Morgan fingerprint density at radius 3 is 1.52 bits per heavy atom. The number of allylic oxidation sites excluding steroid dienone is 2. The molecule has 2 aliphatic rings. The largest absolute Gasteiger partial charge is 0.109 e. The van der Waals surface area contributed by atoms with Gasteiger partial charge in [0.1, 0.15) is 0 Å². The van der Waals surface area contributed by atoms with E-state index in [4.69, 9.17) is 23.2 Å². The van der Waals surface area contributed by atoms with Crippen molar-refractivity contribution in [2.75, 3.05) is 0 Å². The zero-order valence-corrected chi connectivity index (χ0v) is 18.4. The molecule has 0 saturated carbocycles. The summed E-state index contributed by atoms with van der Waals surface area (Å²) in [5.41, 5.74) is 7.47. The summed E-state index contributed by atoms with van der Waals surface area (Å²) in [6.07, 6.45) is 10.2. The quantitative estimate of drug-likeness (QED) is 0.460. The molecule has 0 radical (unpaired) electrons. The van der Waals surface area contributed by atoms with Crippen LogP contribution in [0, 0.1) is 13.8 Å². The van der Waals surface area contributed by atoms with Crippen molar-refractivity contribution in [3.63, 3.8) is 0 Å². The molecule has 0 saturated heterocycles. The standard InChI is InChI=1S/C22H20Cl2.Zr/c1-15-5-3-7-19-17(15)9-11-21(19,23)13-14-22(24)12-10-18-16(2)6-4-8-20(18)22;/h3-12H,13-14H2,1-2H3;. The first-order chi connectivity index (χ1) is 11.4. The predicted molar refractivity (Wildman–Crippen MR) is 105 cm³/mol. The zero-order chi connectivity index (χ0) is 16.9.